The van der Waals surface area contributed by atoms with Crippen molar-refractivity contribution in [2.45, 2.75) is 59.3 Å². The van der Waals surface area contributed by atoms with Gasteiger partial charge in [-0.05, 0) is 32.3 Å². The molecule has 0 aliphatic carbocycles. The molecule has 168 valence electrons. The Labute approximate surface area is 186 Å². The molecule has 9 heteroatoms. The van der Waals surface area contributed by atoms with Gasteiger partial charge in [0.05, 0.1) is 10.7 Å². The average Bonchev–Trinajstić information content (AvgIpc) is 3.09. The molecule has 0 amide bonds. The molecule has 1 aromatic heterocycles. The standard InChI is InChI=1S/C21H30ClF3N4S/c1-4-15(3)13-16(22)17(5-2)28-7-6-8-29-18(14-27-9-11-30-12-10-27)19(21(23,24)25)26-20(28)29/h13H,4-12,14H2,1-3H3/b15-13-,17-16-. The fourth-order valence-corrected chi connectivity index (χ4v) is 5.31. The molecule has 1 saturated heterocycles. The van der Waals surface area contributed by atoms with Gasteiger partial charge in [-0.1, -0.05) is 31.0 Å². The van der Waals surface area contributed by atoms with Crippen molar-refractivity contribution < 1.29 is 13.2 Å². The Bertz CT molecular complexity index is 810. The summed E-state index contributed by atoms with van der Waals surface area (Å²) in [7, 11) is 0. The van der Waals surface area contributed by atoms with Gasteiger partial charge >= 0.3 is 6.18 Å². The Morgan fingerprint density at radius 2 is 1.83 bits per heavy atom. The number of aromatic nitrogens is 2. The minimum Gasteiger partial charge on any atom is -0.314 e. The summed E-state index contributed by atoms with van der Waals surface area (Å²) < 4.78 is 43.5. The molecule has 30 heavy (non-hydrogen) atoms. The Kier molecular flexibility index (Phi) is 7.85. The van der Waals surface area contributed by atoms with Crippen LogP contribution in [0.1, 0.15) is 51.4 Å². The molecule has 3 heterocycles. The highest BCUT2D eigenvalue weighted by molar-refractivity contribution is 7.99. The molecule has 2 aliphatic rings. The van der Waals surface area contributed by atoms with E-state index >= 15 is 0 Å². The van der Waals surface area contributed by atoms with Crippen LogP contribution in [0.15, 0.2) is 22.4 Å². The van der Waals surface area contributed by atoms with Crippen molar-refractivity contribution in [2.24, 2.45) is 0 Å². The quantitative estimate of drug-likeness (QED) is 0.493. The van der Waals surface area contributed by atoms with E-state index in [1.54, 1.807) is 4.57 Å². The molecule has 0 unspecified atom stereocenters. The maximum atomic E-state index is 13.9. The Balaban J connectivity index is 2.05. The van der Waals surface area contributed by atoms with Gasteiger partial charge in [0, 0.05) is 49.9 Å². The van der Waals surface area contributed by atoms with E-state index in [-0.39, 0.29) is 12.2 Å². The second-order valence-electron chi connectivity index (χ2n) is 7.74. The third-order valence-corrected chi connectivity index (χ3v) is 6.94. The highest BCUT2D eigenvalue weighted by atomic mass is 35.5. The van der Waals surface area contributed by atoms with E-state index in [2.05, 4.69) is 16.8 Å². The predicted molar refractivity (Wildman–Crippen MR) is 119 cm³/mol. The van der Waals surface area contributed by atoms with Gasteiger partial charge in [0.15, 0.2) is 5.69 Å². The lowest BCUT2D eigenvalue weighted by atomic mass is 10.1. The molecule has 0 aromatic carbocycles. The van der Waals surface area contributed by atoms with Gasteiger partial charge in [-0.25, -0.2) is 4.98 Å². The summed E-state index contributed by atoms with van der Waals surface area (Å²) in [4.78, 5) is 8.13. The lowest BCUT2D eigenvalue weighted by Gasteiger charge is -2.33. The van der Waals surface area contributed by atoms with E-state index in [1.807, 2.05) is 36.6 Å². The van der Waals surface area contributed by atoms with Gasteiger partial charge in [0.25, 0.3) is 0 Å². The normalized spacial score (nSPS) is 19.7. The lowest BCUT2D eigenvalue weighted by molar-refractivity contribution is -0.141. The van der Waals surface area contributed by atoms with Crippen LogP contribution in [0.5, 0.6) is 0 Å². The van der Waals surface area contributed by atoms with E-state index in [0.717, 1.165) is 48.7 Å². The molecule has 4 nitrogen and oxygen atoms in total. The minimum absolute atomic E-state index is 0.279. The van der Waals surface area contributed by atoms with Crippen LogP contribution in [0.4, 0.5) is 19.1 Å². The number of anilines is 1. The summed E-state index contributed by atoms with van der Waals surface area (Å²) in [6, 6.07) is 0. The van der Waals surface area contributed by atoms with E-state index in [0.29, 0.717) is 30.5 Å². The molecule has 0 atom stereocenters. The number of fused-ring (bicyclic) bond motifs is 1. The molecule has 2 aliphatic heterocycles. The van der Waals surface area contributed by atoms with Crippen molar-refractivity contribution in [3.05, 3.63) is 33.8 Å². The van der Waals surface area contributed by atoms with Gasteiger partial charge in [0.1, 0.15) is 0 Å². The van der Waals surface area contributed by atoms with Crippen LogP contribution in [-0.4, -0.2) is 45.6 Å². The second-order valence-corrected chi connectivity index (χ2v) is 9.37. The van der Waals surface area contributed by atoms with E-state index in [4.69, 9.17) is 11.6 Å². The van der Waals surface area contributed by atoms with Crippen molar-refractivity contribution in [3.63, 3.8) is 0 Å². The van der Waals surface area contributed by atoms with Crippen LogP contribution in [0, 0.1) is 0 Å². The third kappa shape index (κ3) is 5.19. The SMILES string of the molecule is CC/C(C)=C\C(Cl)=C(/CC)N1CCCn2c1nc(C(F)(F)F)c2CN1CCSCC1. The van der Waals surface area contributed by atoms with Crippen LogP contribution < -0.4 is 4.90 Å². The zero-order valence-electron chi connectivity index (χ0n) is 17.9. The molecule has 0 spiro atoms. The lowest BCUT2D eigenvalue weighted by Crippen LogP contribution is -2.35. The topological polar surface area (TPSA) is 24.3 Å². The monoisotopic (exact) mass is 462 g/mol. The molecule has 0 bridgehead atoms. The first-order valence-electron chi connectivity index (χ1n) is 10.6. The summed E-state index contributed by atoms with van der Waals surface area (Å²) >= 11 is 8.45. The molecule has 0 radical (unpaired) electrons. The van der Waals surface area contributed by atoms with Crippen molar-refractivity contribution in [1.29, 1.82) is 0 Å². The average molecular weight is 463 g/mol. The number of allylic oxidation sites excluding steroid dienone is 4. The maximum Gasteiger partial charge on any atom is 0.435 e. The first kappa shape index (κ1) is 23.5. The third-order valence-electron chi connectivity index (χ3n) is 5.67. The van der Waals surface area contributed by atoms with Gasteiger partial charge in [-0.3, -0.25) is 4.90 Å². The molecule has 1 aromatic rings. The number of imidazole rings is 1. The Hall–Kier alpha value is -1.12. The first-order chi connectivity index (χ1) is 14.3. The van der Waals surface area contributed by atoms with E-state index < -0.39 is 11.9 Å². The number of nitrogens with zero attached hydrogens (tertiary/aromatic N) is 4. The minimum atomic E-state index is -4.48. The van der Waals surface area contributed by atoms with Gasteiger partial charge < -0.3 is 9.47 Å². The number of hydrogen-bond donors (Lipinski definition) is 0. The van der Waals surface area contributed by atoms with Crippen LogP contribution in [0.2, 0.25) is 0 Å². The summed E-state index contributed by atoms with van der Waals surface area (Å²) in [5.41, 5.74) is 1.48. The molecule has 0 saturated carbocycles. The van der Waals surface area contributed by atoms with E-state index in [1.165, 1.54) is 0 Å². The number of alkyl halides is 3. The highest BCUT2D eigenvalue weighted by Gasteiger charge is 2.41. The fourth-order valence-electron chi connectivity index (χ4n) is 3.91. The smallest absolute Gasteiger partial charge is 0.314 e. The van der Waals surface area contributed by atoms with Crippen molar-refractivity contribution in [1.82, 2.24) is 14.5 Å². The molecular formula is C21H30ClF3N4S. The van der Waals surface area contributed by atoms with Gasteiger partial charge in [-0.2, -0.15) is 24.9 Å². The Morgan fingerprint density at radius 1 is 1.13 bits per heavy atom. The van der Waals surface area contributed by atoms with Crippen LogP contribution >= 0.6 is 23.4 Å². The number of halogens is 4. The van der Waals surface area contributed by atoms with Gasteiger partial charge in [0.2, 0.25) is 5.95 Å². The zero-order valence-corrected chi connectivity index (χ0v) is 19.4. The summed E-state index contributed by atoms with van der Waals surface area (Å²) in [5, 5.41) is 0.580. The summed E-state index contributed by atoms with van der Waals surface area (Å²) in [6.07, 6.45) is -0.307. The number of rotatable bonds is 6. The fraction of sp³-hybridized carbons (Fsp3) is 0.667. The number of hydrogen-bond acceptors (Lipinski definition) is 4. The first-order valence-corrected chi connectivity index (χ1v) is 12.1. The van der Waals surface area contributed by atoms with E-state index in [9.17, 15) is 13.2 Å². The maximum absolute atomic E-state index is 13.9. The van der Waals surface area contributed by atoms with Crippen LogP contribution in [0.25, 0.3) is 0 Å². The van der Waals surface area contributed by atoms with Crippen molar-refractivity contribution in [3.8, 4) is 0 Å². The Morgan fingerprint density at radius 3 is 2.43 bits per heavy atom. The second kappa shape index (κ2) is 10.0. The van der Waals surface area contributed by atoms with Crippen LogP contribution in [-0.2, 0) is 19.3 Å². The summed E-state index contributed by atoms with van der Waals surface area (Å²) in [6.45, 7) is 9.09. The molecule has 0 N–H and O–H groups in total. The van der Waals surface area contributed by atoms with Crippen LogP contribution in [0.3, 0.4) is 0 Å². The molecule has 3 rings (SSSR count). The number of thioether (sulfide) groups is 1. The molecule has 1 fully saturated rings. The van der Waals surface area contributed by atoms with Gasteiger partial charge in [-0.15, -0.1) is 0 Å². The zero-order chi connectivity index (χ0) is 21.9. The summed E-state index contributed by atoms with van der Waals surface area (Å²) in [5.74, 6) is 2.28. The largest absolute Gasteiger partial charge is 0.435 e. The molecular weight excluding hydrogens is 433 g/mol. The van der Waals surface area contributed by atoms with Crippen molar-refractivity contribution >= 4 is 29.3 Å². The highest BCUT2D eigenvalue weighted by Crippen LogP contribution is 2.38. The van der Waals surface area contributed by atoms with Crippen molar-refractivity contribution in [2.75, 3.05) is 36.0 Å². The predicted octanol–water partition coefficient (Wildman–Crippen LogP) is 5.88.